The maximum atomic E-state index is 12.4. The van der Waals surface area contributed by atoms with E-state index in [9.17, 15) is 9.59 Å². The topological polar surface area (TPSA) is 96.6 Å². The summed E-state index contributed by atoms with van der Waals surface area (Å²) in [7, 11) is 0. The summed E-state index contributed by atoms with van der Waals surface area (Å²) in [6, 6.07) is 5.29. The Labute approximate surface area is 145 Å². The largest absolute Gasteiger partial charge is 0.398 e. The molecule has 2 aliphatic rings. The normalized spacial score (nSPS) is 23.7. The van der Waals surface area contributed by atoms with E-state index < -0.39 is 0 Å². The van der Waals surface area contributed by atoms with Gasteiger partial charge in [0.25, 0.3) is 0 Å². The van der Waals surface area contributed by atoms with Crippen LogP contribution in [0.15, 0.2) is 23.3 Å². The van der Waals surface area contributed by atoms with Crippen molar-refractivity contribution in [2.24, 2.45) is 11.0 Å². The molecule has 1 saturated heterocycles. The molecule has 0 radical (unpaired) electrons. The molecule has 1 amide bonds. The fraction of sp³-hybridized carbons (Fsp3) is 0.400. The summed E-state index contributed by atoms with van der Waals surface area (Å²) >= 11 is 1.61. The number of hydrogen-bond donors (Lipinski definition) is 3. The zero-order valence-corrected chi connectivity index (χ0v) is 14.3. The number of benzene rings is 1. The van der Waals surface area contributed by atoms with Crippen molar-refractivity contribution in [2.75, 3.05) is 18.0 Å². The number of halogens is 1. The molecule has 2 unspecified atom stereocenters. The monoisotopic (exact) mass is 354 g/mol. The molecular weight excluding hydrogens is 336 g/mol. The lowest BCUT2D eigenvalue weighted by Crippen LogP contribution is -2.32. The molecule has 8 heteroatoms. The molecule has 0 saturated carbocycles. The van der Waals surface area contributed by atoms with Gasteiger partial charge < -0.3 is 5.73 Å². The maximum absolute atomic E-state index is 12.4. The molecule has 1 fully saturated rings. The number of nitrogen functional groups attached to an aromatic ring is 1. The summed E-state index contributed by atoms with van der Waals surface area (Å²) in [5.74, 6) is 0.904. The minimum Gasteiger partial charge on any atom is -0.398 e. The molecule has 0 spiro atoms. The molecule has 6 nitrogen and oxygen atoms in total. The van der Waals surface area contributed by atoms with Crippen molar-refractivity contribution in [1.29, 1.82) is 0 Å². The van der Waals surface area contributed by atoms with Gasteiger partial charge in [-0.05, 0) is 6.07 Å². The molecule has 23 heavy (non-hydrogen) atoms. The van der Waals surface area contributed by atoms with Crippen molar-refractivity contribution in [3.05, 3.63) is 29.3 Å². The molecular formula is C15H19ClN4O2S. The molecule has 0 aliphatic carbocycles. The fourth-order valence-electron chi connectivity index (χ4n) is 2.67. The highest BCUT2D eigenvalue weighted by molar-refractivity contribution is 8.00. The van der Waals surface area contributed by atoms with Crippen LogP contribution in [-0.2, 0) is 4.79 Å². The molecule has 1 aromatic rings. The van der Waals surface area contributed by atoms with Crippen molar-refractivity contribution >= 4 is 47.3 Å². The number of carbonyl (C=O) groups is 2. The van der Waals surface area contributed by atoms with E-state index in [1.807, 2.05) is 13.0 Å². The molecule has 124 valence electrons. The van der Waals surface area contributed by atoms with Crippen LogP contribution in [0.25, 0.3) is 0 Å². The number of ketones is 1. The minimum atomic E-state index is -0.185. The van der Waals surface area contributed by atoms with Gasteiger partial charge in [0.15, 0.2) is 5.78 Å². The average Bonchev–Trinajstić information content (AvgIpc) is 3.01. The number of nitrogens with zero attached hydrogens (tertiary/aromatic N) is 1. The smallest absolute Gasteiger partial charge is 0.240 e. The van der Waals surface area contributed by atoms with Crippen LogP contribution in [0.5, 0.6) is 0 Å². The third-order valence-corrected chi connectivity index (χ3v) is 4.98. The zero-order chi connectivity index (χ0) is 15.7. The van der Waals surface area contributed by atoms with Gasteiger partial charge >= 0.3 is 0 Å². The van der Waals surface area contributed by atoms with Gasteiger partial charge in [-0.15, -0.1) is 24.2 Å². The number of carbonyl (C=O) groups excluding carboxylic acids is 2. The number of hydrazone groups is 1. The number of thioether (sulfide) groups is 1. The van der Waals surface area contributed by atoms with Crippen molar-refractivity contribution in [2.45, 2.75) is 18.7 Å². The molecule has 2 atom stereocenters. The summed E-state index contributed by atoms with van der Waals surface area (Å²) in [6.45, 7) is 2.79. The number of amides is 1. The lowest BCUT2D eigenvalue weighted by Gasteiger charge is -2.20. The van der Waals surface area contributed by atoms with Gasteiger partial charge in [-0.25, -0.2) is 5.43 Å². The predicted octanol–water partition coefficient (Wildman–Crippen LogP) is 1.40. The quantitative estimate of drug-likeness (QED) is 0.563. The second-order valence-corrected chi connectivity index (χ2v) is 6.72. The van der Waals surface area contributed by atoms with E-state index >= 15 is 0 Å². The highest BCUT2D eigenvalue weighted by Crippen LogP contribution is 2.25. The number of hydrogen-bond acceptors (Lipinski definition) is 6. The van der Waals surface area contributed by atoms with Crippen LogP contribution in [-0.4, -0.2) is 35.1 Å². The summed E-state index contributed by atoms with van der Waals surface area (Å²) < 4.78 is 0. The van der Waals surface area contributed by atoms with E-state index in [1.165, 1.54) is 0 Å². The van der Waals surface area contributed by atoms with Crippen LogP contribution in [0.2, 0.25) is 0 Å². The Morgan fingerprint density at radius 3 is 2.83 bits per heavy atom. The zero-order valence-electron chi connectivity index (χ0n) is 12.7. The van der Waals surface area contributed by atoms with E-state index in [1.54, 1.807) is 23.9 Å². The van der Waals surface area contributed by atoms with E-state index in [0.29, 0.717) is 17.7 Å². The van der Waals surface area contributed by atoms with Crippen molar-refractivity contribution < 1.29 is 9.59 Å². The summed E-state index contributed by atoms with van der Waals surface area (Å²) in [6.07, 6.45) is 0.390. The first-order valence-corrected chi connectivity index (χ1v) is 8.26. The molecule has 1 aromatic carbocycles. The molecule has 0 bridgehead atoms. The van der Waals surface area contributed by atoms with Gasteiger partial charge in [0, 0.05) is 41.5 Å². The van der Waals surface area contributed by atoms with Gasteiger partial charge in [-0.3, -0.25) is 14.9 Å². The van der Waals surface area contributed by atoms with Crippen molar-refractivity contribution in [3.63, 3.8) is 0 Å². The molecule has 3 rings (SSSR count). The van der Waals surface area contributed by atoms with Crippen LogP contribution in [0.1, 0.15) is 29.3 Å². The summed E-state index contributed by atoms with van der Waals surface area (Å²) in [5.41, 5.74) is 11.2. The van der Waals surface area contributed by atoms with Crippen LogP contribution in [0, 0.1) is 5.92 Å². The number of anilines is 1. The van der Waals surface area contributed by atoms with E-state index in [0.717, 1.165) is 23.6 Å². The number of Topliss-reactive ketones (excluding diaryl/α,β-unsaturated/α-hetero) is 1. The Hall–Kier alpha value is -1.57. The first-order chi connectivity index (χ1) is 10.6. The van der Waals surface area contributed by atoms with Gasteiger partial charge in [-0.1, -0.05) is 19.1 Å². The standard InChI is InChI=1S/C15H18N4O2S.ClH/c1-8-6-12(20)18-19-13(8)10-3-2-9(7-11(10)16)14(21)15-17-4-5-22-15;/h2-3,7-8,15,17H,4-6,16H2,1H3,(H,18,20);1H. The SMILES string of the molecule is CC1CC(=O)NN=C1c1ccc(C(=O)C2NCCS2)cc1N.Cl. The number of rotatable bonds is 3. The Kier molecular flexibility index (Phi) is 5.67. The van der Waals surface area contributed by atoms with Crippen LogP contribution < -0.4 is 16.5 Å². The Bertz CT molecular complexity index is 659. The Balaban J connectivity index is 0.00000192. The lowest BCUT2D eigenvalue weighted by molar-refractivity contribution is -0.121. The first kappa shape index (κ1) is 17.8. The second kappa shape index (κ2) is 7.33. The Morgan fingerprint density at radius 1 is 1.43 bits per heavy atom. The highest BCUT2D eigenvalue weighted by Gasteiger charge is 2.26. The second-order valence-electron chi connectivity index (χ2n) is 5.51. The molecule has 4 N–H and O–H groups in total. The van der Waals surface area contributed by atoms with Gasteiger partial charge in [0.2, 0.25) is 5.91 Å². The van der Waals surface area contributed by atoms with Crippen LogP contribution >= 0.6 is 24.2 Å². The maximum Gasteiger partial charge on any atom is 0.240 e. The van der Waals surface area contributed by atoms with E-state index in [4.69, 9.17) is 5.73 Å². The van der Waals surface area contributed by atoms with Crippen LogP contribution in [0.3, 0.4) is 0 Å². The summed E-state index contributed by atoms with van der Waals surface area (Å²) in [4.78, 5) is 23.7. The van der Waals surface area contributed by atoms with Gasteiger partial charge in [0.05, 0.1) is 5.71 Å². The molecule has 2 heterocycles. The van der Waals surface area contributed by atoms with Gasteiger partial charge in [-0.2, -0.15) is 5.10 Å². The number of nitrogens with one attached hydrogen (secondary N) is 2. The molecule has 0 aromatic heterocycles. The van der Waals surface area contributed by atoms with Crippen molar-refractivity contribution in [3.8, 4) is 0 Å². The highest BCUT2D eigenvalue weighted by atomic mass is 35.5. The predicted molar refractivity (Wildman–Crippen MR) is 95.1 cm³/mol. The van der Waals surface area contributed by atoms with E-state index in [2.05, 4.69) is 15.8 Å². The van der Waals surface area contributed by atoms with E-state index in [-0.39, 0.29) is 35.4 Å². The van der Waals surface area contributed by atoms with Crippen LogP contribution in [0.4, 0.5) is 5.69 Å². The molecule has 2 aliphatic heterocycles. The lowest BCUT2D eigenvalue weighted by atomic mass is 9.92. The fourth-order valence-corrected chi connectivity index (χ4v) is 3.67. The van der Waals surface area contributed by atoms with Gasteiger partial charge in [0.1, 0.15) is 5.37 Å². The minimum absolute atomic E-state index is 0. The third kappa shape index (κ3) is 3.68. The summed E-state index contributed by atoms with van der Waals surface area (Å²) in [5, 5.41) is 7.09. The van der Waals surface area contributed by atoms with Crippen molar-refractivity contribution in [1.82, 2.24) is 10.7 Å². The number of nitrogens with two attached hydrogens (primary N) is 1. The third-order valence-electron chi connectivity index (χ3n) is 3.83. The average molecular weight is 355 g/mol. The Morgan fingerprint density at radius 2 is 2.22 bits per heavy atom. The first-order valence-electron chi connectivity index (χ1n) is 7.22.